The summed E-state index contributed by atoms with van der Waals surface area (Å²) in [6.45, 7) is 2.45. The fraction of sp³-hybridized carbons (Fsp3) is 0.519. The van der Waals surface area contributed by atoms with Gasteiger partial charge in [0.15, 0.2) is 4.34 Å². The highest BCUT2D eigenvalue weighted by atomic mass is 32.2. The highest BCUT2D eigenvalue weighted by Crippen LogP contribution is 2.34. The quantitative estimate of drug-likeness (QED) is 0.100. The summed E-state index contributed by atoms with van der Waals surface area (Å²) in [4.78, 5) is 20.3. The maximum absolute atomic E-state index is 11.4. The van der Waals surface area contributed by atoms with Crippen molar-refractivity contribution in [1.29, 1.82) is 0 Å². The van der Waals surface area contributed by atoms with E-state index < -0.39 is 5.97 Å². The van der Waals surface area contributed by atoms with Crippen LogP contribution in [0.5, 0.6) is 0 Å². The van der Waals surface area contributed by atoms with E-state index in [4.69, 9.17) is 9.72 Å². The van der Waals surface area contributed by atoms with Crippen molar-refractivity contribution in [1.82, 2.24) is 9.97 Å². The van der Waals surface area contributed by atoms with Crippen LogP contribution in [-0.4, -0.2) is 33.2 Å². The van der Waals surface area contributed by atoms with Crippen molar-refractivity contribution in [2.45, 2.75) is 87.3 Å². The van der Waals surface area contributed by atoms with Crippen LogP contribution >= 0.6 is 23.1 Å². The number of ether oxygens (including phenoxy) is 1. The van der Waals surface area contributed by atoms with Gasteiger partial charge >= 0.3 is 5.97 Å². The first-order chi connectivity index (χ1) is 17.2. The van der Waals surface area contributed by atoms with Crippen LogP contribution < -0.4 is 5.32 Å². The molecule has 35 heavy (non-hydrogen) atoms. The molecule has 0 aliphatic heterocycles. The Morgan fingerprint density at radius 2 is 1.74 bits per heavy atom. The highest BCUT2D eigenvalue weighted by molar-refractivity contribution is 8.01. The summed E-state index contributed by atoms with van der Waals surface area (Å²) in [5, 5.41) is 12.4. The SMILES string of the molecule is CCCCCCCCCCCCC(OCNc1ncccc1C(=O)O)Sc1nc2ccccc2s1. The van der Waals surface area contributed by atoms with Crippen molar-refractivity contribution >= 4 is 45.1 Å². The molecule has 1 unspecified atom stereocenters. The molecule has 2 aromatic heterocycles. The van der Waals surface area contributed by atoms with Crippen LogP contribution in [0.3, 0.4) is 0 Å². The van der Waals surface area contributed by atoms with E-state index in [1.54, 1.807) is 35.4 Å². The van der Waals surface area contributed by atoms with E-state index >= 15 is 0 Å². The number of carbonyl (C=O) groups is 1. The van der Waals surface area contributed by atoms with Crippen molar-refractivity contribution in [2.75, 3.05) is 12.0 Å². The molecule has 2 N–H and O–H groups in total. The van der Waals surface area contributed by atoms with Gasteiger partial charge in [0.2, 0.25) is 0 Å². The van der Waals surface area contributed by atoms with E-state index in [1.807, 2.05) is 18.2 Å². The first-order valence-electron chi connectivity index (χ1n) is 12.7. The van der Waals surface area contributed by atoms with Crippen LogP contribution in [-0.2, 0) is 4.74 Å². The second kappa shape index (κ2) is 15.8. The standard InChI is InChI=1S/C27H37N3O3S2/c1-2-3-4-5-6-7-8-9-10-11-18-24(35-27-30-22-16-12-13-17-23(22)34-27)33-20-29-25-21(26(31)32)15-14-19-28-25/h12-17,19,24H,2-11,18,20H2,1H3,(H,28,29)(H,31,32). The molecular weight excluding hydrogens is 478 g/mol. The summed E-state index contributed by atoms with van der Waals surface area (Å²) in [5.41, 5.74) is 1.09. The van der Waals surface area contributed by atoms with E-state index in [0.717, 1.165) is 22.7 Å². The van der Waals surface area contributed by atoms with Crippen molar-refractivity contribution in [3.8, 4) is 0 Å². The molecule has 6 nitrogen and oxygen atoms in total. The van der Waals surface area contributed by atoms with Crippen molar-refractivity contribution in [3.63, 3.8) is 0 Å². The van der Waals surface area contributed by atoms with E-state index in [0.29, 0.717) is 5.82 Å². The number of pyridine rings is 1. The first kappa shape index (κ1) is 27.4. The van der Waals surface area contributed by atoms with Crippen LogP contribution in [0, 0.1) is 0 Å². The Morgan fingerprint density at radius 3 is 2.46 bits per heavy atom. The second-order valence-electron chi connectivity index (χ2n) is 8.66. The number of hydrogen-bond acceptors (Lipinski definition) is 7. The van der Waals surface area contributed by atoms with Gasteiger partial charge in [-0.25, -0.2) is 14.8 Å². The maximum Gasteiger partial charge on any atom is 0.339 e. The molecule has 1 aromatic carbocycles. The van der Waals surface area contributed by atoms with E-state index in [9.17, 15) is 9.90 Å². The third kappa shape index (κ3) is 9.78. The summed E-state index contributed by atoms with van der Waals surface area (Å²) >= 11 is 3.33. The van der Waals surface area contributed by atoms with Crippen molar-refractivity contribution in [3.05, 3.63) is 48.2 Å². The number of hydrogen-bond donors (Lipinski definition) is 2. The molecule has 8 heteroatoms. The average Bonchev–Trinajstić information content (AvgIpc) is 3.27. The van der Waals surface area contributed by atoms with Crippen LogP contribution in [0.15, 0.2) is 46.9 Å². The minimum absolute atomic E-state index is 0.0610. The second-order valence-corrected chi connectivity index (χ2v) is 11.1. The molecule has 3 rings (SSSR count). The van der Waals surface area contributed by atoms with Crippen LogP contribution in [0.1, 0.15) is 87.9 Å². The Hall–Kier alpha value is -2.16. The fourth-order valence-electron chi connectivity index (χ4n) is 3.91. The molecule has 0 aliphatic rings. The van der Waals surface area contributed by atoms with E-state index in [2.05, 4.69) is 23.3 Å². The number of rotatable bonds is 18. The molecule has 0 aliphatic carbocycles. The summed E-state index contributed by atoms with van der Waals surface area (Å²) in [6, 6.07) is 11.3. The largest absolute Gasteiger partial charge is 0.478 e. The number of carboxylic acid groups (broad SMARTS) is 1. The third-order valence-corrected chi connectivity index (χ3v) is 8.14. The highest BCUT2D eigenvalue weighted by Gasteiger charge is 2.16. The maximum atomic E-state index is 11.4. The van der Waals surface area contributed by atoms with Gasteiger partial charge in [0.1, 0.15) is 23.5 Å². The number of anilines is 1. The number of carboxylic acids is 1. The topological polar surface area (TPSA) is 84.3 Å². The lowest BCUT2D eigenvalue weighted by molar-refractivity contribution is 0.0697. The molecule has 0 saturated heterocycles. The Kier molecular flexibility index (Phi) is 12.3. The number of thiazole rings is 1. The number of unbranched alkanes of at least 4 members (excludes halogenated alkanes) is 9. The number of nitrogens with one attached hydrogen (secondary N) is 1. The lowest BCUT2D eigenvalue weighted by Crippen LogP contribution is -2.17. The number of aromatic nitrogens is 2. The Labute approximate surface area is 216 Å². The van der Waals surface area contributed by atoms with Gasteiger partial charge in [0.05, 0.1) is 10.2 Å². The van der Waals surface area contributed by atoms with Crippen LogP contribution in [0.4, 0.5) is 5.82 Å². The van der Waals surface area contributed by atoms with Gasteiger partial charge in [-0.05, 0) is 37.1 Å². The molecule has 3 aromatic rings. The van der Waals surface area contributed by atoms with Crippen LogP contribution in [0.25, 0.3) is 10.2 Å². The molecule has 1 atom stereocenters. The summed E-state index contributed by atoms with van der Waals surface area (Å²) in [6.07, 6.45) is 15.5. The molecule has 0 bridgehead atoms. The fourth-order valence-corrected chi connectivity index (χ4v) is 6.19. The smallest absolute Gasteiger partial charge is 0.339 e. The zero-order chi connectivity index (χ0) is 24.7. The number of nitrogens with zero attached hydrogens (tertiary/aromatic N) is 2. The van der Waals surface area contributed by atoms with Gasteiger partial charge in [0, 0.05) is 6.20 Å². The number of fused-ring (bicyclic) bond motifs is 1. The van der Waals surface area contributed by atoms with Gasteiger partial charge in [-0.2, -0.15) is 0 Å². The summed E-state index contributed by atoms with van der Waals surface area (Å²) in [7, 11) is 0. The summed E-state index contributed by atoms with van der Waals surface area (Å²) < 4.78 is 8.31. The minimum atomic E-state index is -1.01. The predicted octanol–water partition coefficient (Wildman–Crippen LogP) is 8.20. The van der Waals surface area contributed by atoms with Gasteiger partial charge in [-0.3, -0.25) is 0 Å². The Bertz CT molecular complexity index is 995. The first-order valence-corrected chi connectivity index (χ1v) is 14.4. The monoisotopic (exact) mass is 515 g/mol. The molecule has 0 fully saturated rings. The number of aromatic carboxylic acids is 1. The van der Waals surface area contributed by atoms with Gasteiger partial charge < -0.3 is 15.2 Å². The zero-order valence-corrected chi connectivity index (χ0v) is 22.2. The lowest BCUT2D eigenvalue weighted by atomic mass is 10.1. The molecule has 0 radical (unpaired) electrons. The average molecular weight is 516 g/mol. The molecule has 190 valence electrons. The molecule has 0 saturated carbocycles. The van der Waals surface area contributed by atoms with Crippen LogP contribution in [0.2, 0.25) is 0 Å². The van der Waals surface area contributed by atoms with Gasteiger partial charge in [-0.15, -0.1) is 11.3 Å². The van der Waals surface area contributed by atoms with Crippen molar-refractivity contribution in [2.24, 2.45) is 0 Å². The predicted molar refractivity (Wildman–Crippen MR) is 146 cm³/mol. The van der Waals surface area contributed by atoms with Crippen molar-refractivity contribution < 1.29 is 14.6 Å². The number of benzene rings is 1. The van der Waals surface area contributed by atoms with Gasteiger partial charge in [-0.1, -0.05) is 88.6 Å². The van der Waals surface area contributed by atoms with E-state index in [-0.39, 0.29) is 17.7 Å². The Balaban J connectivity index is 1.47. The molecule has 2 heterocycles. The minimum Gasteiger partial charge on any atom is -0.478 e. The molecular formula is C27H37N3O3S2. The third-order valence-electron chi connectivity index (χ3n) is 5.85. The number of para-hydroxylation sites is 1. The normalized spacial score (nSPS) is 12.1. The zero-order valence-electron chi connectivity index (χ0n) is 20.6. The molecule has 0 spiro atoms. The van der Waals surface area contributed by atoms with Gasteiger partial charge in [0.25, 0.3) is 0 Å². The Morgan fingerprint density at radius 1 is 1.03 bits per heavy atom. The number of thioether (sulfide) groups is 1. The van der Waals surface area contributed by atoms with E-state index in [1.165, 1.54) is 68.6 Å². The summed E-state index contributed by atoms with van der Waals surface area (Å²) in [5.74, 6) is -0.686. The lowest BCUT2D eigenvalue weighted by Gasteiger charge is -2.17. The molecule has 0 amide bonds.